The van der Waals surface area contributed by atoms with E-state index in [2.05, 4.69) is 6.92 Å². The smallest absolute Gasteiger partial charge is 0.125 e. The molecular weight excluding hydrogens is 264 g/mol. The van der Waals surface area contributed by atoms with E-state index in [0.29, 0.717) is 13.2 Å². The van der Waals surface area contributed by atoms with Crippen LogP contribution in [0.25, 0.3) is 0 Å². The molecule has 0 saturated heterocycles. The molecule has 1 unspecified atom stereocenters. The maximum Gasteiger partial charge on any atom is 0.125 e. The third kappa shape index (κ3) is 4.06. The van der Waals surface area contributed by atoms with Gasteiger partial charge in [0.1, 0.15) is 11.9 Å². The number of para-hydroxylation sites is 1. The van der Waals surface area contributed by atoms with Gasteiger partial charge in [0.2, 0.25) is 0 Å². The van der Waals surface area contributed by atoms with Crippen LogP contribution in [0, 0.1) is 0 Å². The molecule has 0 spiro atoms. The SMILES string of the molecule is CCCOc1ccccc1C(O)c1ccc(COC)cc1. The average Bonchev–Trinajstić information content (AvgIpc) is 2.53. The Hall–Kier alpha value is -1.84. The molecule has 2 rings (SSSR count). The second-order valence-electron chi connectivity index (χ2n) is 4.96. The number of ether oxygens (including phenoxy) is 2. The number of rotatable bonds is 7. The van der Waals surface area contributed by atoms with Gasteiger partial charge in [-0.3, -0.25) is 0 Å². The number of benzene rings is 2. The predicted molar refractivity (Wildman–Crippen MR) is 83.4 cm³/mol. The van der Waals surface area contributed by atoms with Gasteiger partial charge in [-0.2, -0.15) is 0 Å². The van der Waals surface area contributed by atoms with Crippen molar-refractivity contribution in [2.24, 2.45) is 0 Å². The molecule has 2 aromatic rings. The van der Waals surface area contributed by atoms with Gasteiger partial charge in [-0.05, 0) is 23.6 Å². The minimum absolute atomic E-state index is 0.576. The highest BCUT2D eigenvalue weighted by atomic mass is 16.5. The summed E-state index contributed by atoms with van der Waals surface area (Å²) in [6, 6.07) is 15.4. The fourth-order valence-corrected chi connectivity index (χ4v) is 2.19. The van der Waals surface area contributed by atoms with Crippen molar-refractivity contribution in [1.82, 2.24) is 0 Å². The minimum atomic E-state index is -0.686. The third-order valence-electron chi connectivity index (χ3n) is 3.28. The van der Waals surface area contributed by atoms with E-state index < -0.39 is 6.10 Å². The van der Waals surface area contributed by atoms with Crippen molar-refractivity contribution in [2.75, 3.05) is 13.7 Å². The summed E-state index contributed by atoms with van der Waals surface area (Å²) < 4.78 is 10.8. The van der Waals surface area contributed by atoms with Gasteiger partial charge >= 0.3 is 0 Å². The lowest BCUT2D eigenvalue weighted by atomic mass is 9.99. The van der Waals surface area contributed by atoms with E-state index in [4.69, 9.17) is 9.47 Å². The molecule has 0 aliphatic heterocycles. The topological polar surface area (TPSA) is 38.7 Å². The Bertz CT molecular complexity index is 549. The average molecular weight is 286 g/mol. The van der Waals surface area contributed by atoms with E-state index >= 15 is 0 Å². The van der Waals surface area contributed by atoms with Crippen LogP contribution in [0.1, 0.15) is 36.1 Å². The lowest BCUT2D eigenvalue weighted by Crippen LogP contribution is -2.05. The quantitative estimate of drug-likeness (QED) is 0.843. The van der Waals surface area contributed by atoms with Gasteiger partial charge in [0.05, 0.1) is 13.2 Å². The second-order valence-corrected chi connectivity index (χ2v) is 4.96. The van der Waals surface area contributed by atoms with E-state index in [1.54, 1.807) is 7.11 Å². The maximum atomic E-state index is 10.6. The number of methoxy groups -OCH3 is 1. The van der Waals surface area contributed by atoms with E-state index in [9.17, 15) is 5.11 Å². The monoisotopic (exact) mass is 286 g/mol. The zero-order valence-corrected chi connectivity index (χ0v) is 12.6. The van der Waals surface area contributed by atoms with E-state index in [0.717, 1.165) is 28.9 Å². The van der Waals surface area contributed by atoms with Gasteiger partial charge in [-0.1, -0.05) is 49.4 Å². The lowest BCUT2D eigenvalue weighted by Gasteiger charge is -2.16. The second kappa shape index (κ2) is 7.81. The van der Waals surface area contributed by atoms with Gasteiger partial charge in [-0.15, -0.1) is 0 Å². The fourth-order valence-electron chi connectivity index (χ4n) is 2.19. The number of hydrogen-bond acceptors (Lipinski definition) is 3. The van der Waals surface area contributed by atoms with Crippen LogP contribution in [0.4, 0.5) is 0 Å². The van der Waals surface area contributed by atoms with Crippen LogP contribution < -0.4 is 4.74 Å². The highest BCUT2D eigenvalue weighted by Crippen LogP contribution is 2.30. The molecule has 21 heavy (non-hydrogen) atoms. The number of hydrogen-bond donors (Lipinski definition) is 1. The van der Waals surface area contributed by atoms with Crippen LogP contribution in [0.3, 0.4) is 0 Å². The third-order valence-corrected chi connectivity index (χ3v) is 3.28. The fraction of sp³-hybridized carbons (Fsp3) is 0.333. The van der Waals surface area contributed by atoms with E-state index in [1.807, 2.05) is 48.5 Å². The summed E-state index contributed by atoms with van der Waals surface area (Å²) in [4.78, 5) is 0. The molecule has 0 aliphatic rings. The molecule has 0 amide bonds. The molecule has 2 aromatic carbocycles. The number of aliphatic hydroxyl groups excluding tert-OH is 1. The Morgan fingerprint density at radius 2 is 1.76 bits per heavy atom. The summed E-state index contributed by atoms with van der Waals surface area (Å²) >= 11 is 0. The van der Waals surface area contributed by atoms with Crippen LogP contribution >= 0.6 is 0 Å². The molecule has 0 aliphatic carbocycles. The first-order valence-corrected chi connectivity index (χ1v) is 7.23. The predicted octanol–water partition coefficient (Wildman–Crippen LogP) is 3.70. The van der Waals surface area contributed by atoms with Gasteiger partial charge in [0.25, 0.3) is 0 Å². The van der Waals surface area contributed by atoms with Crippen molar-refractivity contribution in [3.8, 4) is 5.75 Å². The molecule has 0 radical (unpaired) electrons. The summed E-state index contributed by atoms with van der Waals surface area (Å²) in [6.45, 7) is 3.29. The summed E-state index contributed by atoms with van der Waals surface area (Å²) in [7, 11) is 1.67. The summed E-state index contributed by atoms with van der Waals surface area (Å²) in [5.41, 5.74) is 2.73. The highest BCUT2D eigenvalue weighted by Gasteiger charge is 2.15. The molecule has 0 saturated carbocycles. The van der Waals surface area contributed by atoms with Crippen molar-refractivity contribution in [3.63, 3.8) is 0 Å². The summed E-state index contributed by atoms with van der Waals surface area (Å²) in [5, 5.41) is 10.6. The Morgan fingerprint density at radius 3 is 2.43 bits per heavy atom. The van der Waals surface area contributed by atoms with Gasteiger partial charge in [0, 0.05) is 12.7 Å². The van der Waals surface area contributed by atoms with Crippen LogP contribution in [0.5, 0.6) is 5.75 Å². The Labute approximate surface area is 126 Å². The van der Waals surface area contributed by atoms with Crippen molar-refractivity contribution in [1.29, 1.82) is 0 Å². The standard InChI is InChI=1S/C18H22O3/c1-3-12-21-17-7-5-4-6-16(17)18(19)15-10-8-14(9-11-15)13-20-2/h4-11,18-19H,3,12-13H2,1-2H3. The maximum absolute atomic E-state index is 10.6. The van der Waals surface area contributed by atoms with Crippen LogP contribution in [0.2, 0.25) is 0 Å². The molecule has 3 nitrogen and oxygen atoms in total. The van der Waals surface area contributed by atoms with Crippen molar-refractivity contribution < 1.29 is 14.6 Å². The highest BCUT2D eigenvalue weighted by molar-refractivity contribution is 5.40. The first-order chi connectivity index (χ1) is 10.3. The molecule has 0 aromatic heterocycles. The normalized spacial score (nSPS) is 12.1. The minimum Gasteiger partial charge on any atom is -0.493 e. The first-order valence-electron chi connectivity index (χ1n) is 7.23. The Balaban J connectivity index is 2.20. The Kier molecular flexibility index (Phi) is 5.78. The van der Waals surface area contributed by atoms with E-state index in [-0.39, 0.29) is 0 Å². The molecule has 1 atom stereocenters. The lowest BCUT2D eigenvalue weighted by molar-refractivity contribution is 0.184. The largest absolute Gasteiger partial charge is 0.493 e. The zero-order chi connectivity index (χ0) is 15.1. The number of aliphatic hydroxyl groups is 1. The van der Waals surface area contributed by atoms with Crippen LogP contribution in [0.15, 0.2) is 48.5 Å². The molecule has 3 heteroatoms. The molecule has 0 fully saturated rings. The van der Waals surface area contributed by atoms with Crippen molar-refractivity contribution in [3.05, 3.63) is 65.2 Å². The summed E-state index contributed by atoms with van der Waals surface area (Å²) in [6.07, 6.45) is 0.255. The Morgan fingerprint density at radius 1 is 1.05 bits per heavy atom. The van der Waals surface area contributed by atoms with Crippen molar-refractivity contribution >= 4 is 0 Å². The van der Waals surface area contributed by atoms with Crippen molar-refractivity contribution in [2.45, 2.75) is 26.1 Å². The first kappa shape index (κ1) is 15.5. The van der Waals surface area contributed by atoms with Gasteiger partial charge < -0.3 is 14.6 Å². The molecule has 1 N–H and O–H groups in total. The molecule has 112 valence electrons. The summed E-state index contributed by atoms with van der Waals surface area (Å²) in [5.74, 6) is 0.743. The molecule has 0 bridgehead atoms. The molecular formula is C18H22O3. The van der Waals surface area contributed by atoms with Gasteiger partial charge in [0.15, 0.2) is 0 Å². The van der Waals surface area contributed by atoms with Crippen LogP contribution in [-0.4, -0.2) is 18.8 Å². The van der Waals surface area contributed by atoms with Crippen LogP contribution in [-0.2, 0) is 11.3 Å². The van der Waals surface area contributed by atoms with Gasteiger partial charge in [-0.25, -0.2) is 0 Å². The molecule has 0 heterocycles. The van der Waals surface area contributed by atoms with E-state index in [1.165, 1.54) is 0 Å². The zero-order valence-electron chi connectivity index (χ0n) is 12.6.